The maximum atomic E-state index is 13.0. The summed E-state index contributed by atoms with van der Waals surface area (Å²) in [6, 6.07) is 5.70. The quantitative estimate of drug-likeness (QED) is 0.846. The van der Waals surface area contributed by atoms with Gasteiger partial charge in [-0.15, -0.1) is 0 Å². The van der Waals surface area contributed by atoms with E-state index in [-0.39, 0.29) is 24.5 Å². The smallest absolute Gasteiger partial charge is 0.257 e. The van der Waals surface area contributed by atoms with Gasteiger partial charge in [0.25, 0.3) is 5.91 Å². The van der Waals surface area contributed by atoms with Gasteiger partial charge in [0.1, 0.15) is 11.6 Å². The Labute approximate surface area is 124 Å². The van der Waals surface area contributed by atoms with Crippen LogP contribution in [0.1, 0.15) is 32.1 Å². The van der Waals surface area contributed by atoms with Crippen molar-refractivity contribution in [1.29, 1.82) is 0 Å². The first-order valence-corrected chi connectivity index (χ1v) is 7.39. The van der Waals surface area contributed by atoms with Gasteiger partial charge in [-0.3, -0.25) is 4.79 Å². The van der Waals surface area contributed by atoms with Gasteiger partial charge >= 0.3 is 0 Å². The Kier molecular flexibility index (Phi) is 5.56. The summed E-state index contributed by atoms with van der Waals surface area (Å²) < 4.78 is 18.2. The average molecular weight is 295 g/mol. The van der Waals surface area contributed by atoms with E-state index in [0.717, 1.165) is 25.7 Å². The SMILES string of the molecule is O=C(COc1cccc(F)c1)NCC1(CO)CCCCC1. The fourth-order valence-corrected chi connectivity index (χ4v) is 2.74. The zero-order valence-corrected chi connectivity index (χ0v) is 12.1. The monoisotopic (exact) mass is 295 g/mol. The van der Waals surface area contributed by atoms with Crippen molar-refractivity contribution in [2.75, 3.05) is 19.8 Å². The van der Waals surface area contributed by atoms with Gasteiger partial charge in [-0.2, -0.15) is 0 Å². The van der Waals surface area contributed by atoms with Crippen molar-refractivity contribution in [3.8, 4) is 5.75 Å². The van der Waals surface area contributed by atoms with Crippen LogP contribution in [0.3, 0.4) is 0 Å². The molecule has 1 aromatic rings. The fraction of sp³-hybridized carbons (Fsp3) is 0.562. The van der Waals surface area contributed by atoms with Gasteiger partial charge in [0.2, 0.25) is 0 Å². The molecule has 5 heteroatoms. The van der Waals surface area contributed by atoms with Gasteiger partial charge in [-0.1, -0.05) is 25.3 Å². The van der Waals surface area contributed by atoms with Crippen molar-refractivity contribution in [2.24, 2.45) is 5.41 Å². The van der Waals surface area contributed by atoms with Crippen LogP contribution in [0, 0.1) is 11.2 Å². The molecule has 0 unspecified atom stereocenters. The fourth-order valence-electron chi connectivity index (χ4n) is 2.74. The van der Waals surface area contributed by atoms with Gasteiger partial charge in [0.15, 0.2) is 6.61 Å². The highest BCUT2D eigenvalue weighted by Gasteiger charge is 2.31. The molecule has 0 heterocycles. The summed E-state index contributed by atoms with van der Waals surface area (Å²) in [7, 11) is 0. The van der Waals surface area contributed by atoms with Gasteiger partial charge in [-0.05, 0) is 25.0 Å². The molecule has 0 atom stereocenters. The number of aliphatic hydroxyl groups excluding tert-OH is 1. The van der Waals surface area contributed by atoms with Gasteiger partial charge in [0, 0.05) is 18.0 Å². The summed E-state index contributed by atoms with van der Waals surface area (Å²) in [5.74, 6) is -0.313. The van der Waals surface area contributed by atoms with Gasteiger partial charge < -0.3 is 15.2 Å². The van der Waals surface area contributed by atoms with E-state index >= 15 is 0 Å². The Morgan fingerprint density at radius 3 is 2.76 bits per heavy atom. The third kappa shape index (κ3) is 4.70. The van der Waals surface area contributed by atoms with E-state index < -0.39 is 5.82 Å². The first-order chi connectivity index (χ1) is 10.1. The molecular weight excluding hydrogens is 273 g/mol. The number of carbonyl (C=O) groups is 1. The lowest BCUT2D eigenvalue weighted by atomic mass is 9.74. The number of benzene rings is 1. The number of nitrogens with one attached hydrogen (secondary N) is 1. The Bertz CT molecular complexity index is 472. The molecule has 0 aromatic heterocycles. The summed E-state index contributed by atoms with van der Waals surface area (Å²) in [6.45, 7) is 0.415. The predicted octanol–water partition coefficient (Wildman–Crippen LogP) is 2.26. The molecule has 2 rings (SSSR count). The molecule has 21 heavy (non-hydrogen) atoms. The summed E-state index contributed by atoms with van der Waals surface area (Å²) in [4.78, 5) is 11.8. The Morgan fingerprint density at radius 1 is 1.33 bits per heavy atom. The van der Waals surface area contributed by atoms with Crippen LogP contribution >= 0.6 is 0 Å². The predicted molar refractivity (Wildman–Crippen MR) is 77.5 cm³/mol. The number of halogens is 1. The first-order valence-electron chi connectivity index (χ1n) is 7.39. The van der Waals surface area contributed by atoms with E-state index in [1.165, 1.54) is 24.6 Å². The molecule has 2 N–H and O–H groups in total. The van der Waals surface area contributed by atoms with Crippen molar-refractivity contribution >= 4 is 5.91 Å². The Morgan fingerprint density at radius 2 is 2.10 bits per heavy atom. The van der Waals surface area contributed by atoms with E-state index in [2.05, 4.69) is 5.32 Å². The third-order valence-corrected chi connectivity index (χ3v) is 4.08. The largest absolute Gasteiger partial charge is 0.484 e. The second kappa shape index (κ2) is 7.41. The molecule has 1 amide bonds. The highest BCUT2D eigenvalue weighted by atomic mass is 19.1. The standard InChI is InChI=1S/C16H22FNO3/c17-13-5-4-6-14(9-13)21-10-15(20)18-11-16(12-19)7-2-1-3-8-16/h4-6,9,19H,1-3,7-8,10-12H2,(H,18,20). The van der Waals surface area contributed by atoms with E-state index in [1.54, 1.807) is 6.07 Å². The molecule has 0 aliphatic heterocycles. The van der Waals surface area contributed by atoms with Crippen molar-refractivity contribution in [3.05, 3.63) is 30.1 Å². The number of hydrogen-bond acceptors (Lipinski definition) is 3. The average Bonchev–Trinajstić information content (AvgIpc) is 2.52. The highest BCUT2D eigenvalue weighted by molar-refractivity contribution is 5.77. The van der Waals surface area contributed by atoms with Crippen molar-refractivity contribution < 1.29 is 19.0 Å². The maximum Gasteiger partial charge on any atom is 0.257 e. The van der Waals surface area contributed by atoms with Crippen molar-refractivity contribution in [2.45, 2.75) is 32.1 Å². The number of carbonyl (C=O) groups excluding carboxylic acids is 1. The minimum Gasteiger partial charge on any atom is -0.484 e. The van der Waals surface area contributed by atoms with Crippen LogP contribution in [0.25, 0.3) is 0 Å². The molecule has 1 saturated carbocycles. The molecule has 4 nitrogen and oxygen atoms in total. The molecule has 0 bridgehead atoms. The van der Waals surface area contributed by atoms with Crippen LogP contribution in [0.4, 0.5) is 4.39 Å². The lowest BCUT2D eigenvalue weighted by molar-refractivity contribution is -0.123. The minimum atomic E-state index is -0.394. The minimum absolute atomic E-state index is 0.0953. The van der Waals surface area contributed by atoms with E-state index in [9.17, 15) is 14.3 Å². The normalized spacial score (nSPS) is 17.2. The lowest BCUT2D eigenvalue weighted by Crippen LogP contribution is -2.42. The molecule has 1 aliphatic rings. The number of aliphatic hydroxyl groups is 1. The number of ether oxygens (including phenoxy) is 1. The third-order valence-electron chi connectivity index (χ3n) is 4.08. The molecule has 0 radical (unpaired) electrons. The van der Waals surface area contributed by atoms with E-state index in [4.69, 9.17) is 4.74 Å². The zero-order chi connectivity index (χ0) is 15.1. The molecule has 0 spiro atoms. The molecular formula is C16H22FNO3. The second-order valence-corrected chi connectivity index (χ2v) is 5.74. The van der Waals surface area contributed by atoms with Crippen molar-refractivity contribution in [1.82, 2.24) is 5.32 Å². The van der Waals surface area contributed by atoms with Crippen LogP contribution in [-0.4, -0.2) is 30.8 Å². The molecule has 1 aromatic carbocycles. The Balaban J connectivity index is 1.76. The summed E-state index contributed by atoms with van der Waals surface area (Å²) >= 11 is 0. The van der Waals surface area contributed by atoms with E-state index in [0.29, 0.717) is 12.3 Å². The van der Waals surface area contributed by atoms with Crippen LogP contribution < -0.4 is 10.1 Å². The van der Waals surface area contributed by atoms with Gasteiger partial charge in [0.05, 0.1) is 6.61 Å². The summed E-state index contributed by atoms with van der Waals surface area (Å²) in [6.07, 6.45) is 5.26. The number of rotatable bonds is 6. The topological polar surface area (TPSA) is 58.6 Å². The summed E-state index contributed by atoms with van der Waals surface area (Å²) in [5.41, 5.74) is -0.188. The maximum absolute atomic E-state index is 13.0. The van der Waals surface area contributed by atoms with E-state index in [1.807, 2.05) is 0 Å². The molecule has 1 aliphatic carbocycles. The number of amides is 1. The Hall–Kier alpha value is -1.62. The molecule has 0 saturated heterocycles. The first kappa shape index (κ1) is 15.8. The molecule has 1 fully saturated rings. The van der Waals surface area contributed by atoms with Crippen LogP contribution in [0.15, 0.2) is 24.3 Å². The molecule has 116 valence electrons. The number of hydrogen-bond donors (Lipinski definition) is 2. The van der Waals surface area contributed by atoms with Gasteiger partial charge in [-0.25, -0.2) is 4.39 Å². The lowest BCUT2D eigenvalue weighted by Gasteiger charge is -2.35. The van der Waals surface area contributed by atoms with Crippen molar-refractivity contribution in [3.63, 3.8) is 0 Å². The zero-order valence-electron chi connectivity index (χ0n) is 12.1. The summed E-state index contributed by atoms with van der Waals surface area (Å²) in [5, 5.41) is 12.4. The van der Waals surface area contributed by atoms with Crippen LogP contribution in [-0.2, 0) is 4.79 Å². The van der Waals surface area contributed by atoms with Crippen LogP contribution in [0.5, 0.6) is 5.75 Å². The second-order valence-electron chi connectivity index (χ2n) is 5.74. The van der Waals surface area contributed by atoms with Crippen LogP contribution in [0.2, 0.25) is 0 Å². The highest BCUT2D eigenvalue weighted by Crippen LogP contribution is 2.35.